The minimum absolute atomic E-state index is 0.194. The second kappa shape index (κ2) is 8.86. The fourth-order valence-corrected chi connectivity index (χ4v) is 2.40. The second-order valence-electron chi connectivity index (χ2n) is 5.47. The summed E-state index contributed by atoms with van der Waals surface area (Å²) in [5.41, 5.74) is 1.87. The molecule has 1 heterocycles. The number of carbonyl (C=O) groups is 2. The smallest absolute Gasteiger partial charge is 0.305 e. The highest BCUT2D eigenvalue weighted by molar-refractivity contribution is 6.00. The first-order valence-electron chi connectivity index (χ1n) is 8.00. The third kappa shape index (κ3) is 4.68. The SMILES string of the molecule is COC(=O)CCCCCNC(=O)c1c(-c2ccccc2)noc1C. The minimum atomic E-state index is -0.202. The average molecular weight is 330 g/mol. The Hall–Kier alpha value is -2.63. The van der Waals surface area contributed by atoms with Crippen molar-refractivity contribution in [2.24, 2.45) is 0 Å². The number of amides is 1. The summed E-state index contributed by atoms with van der Waals surface area (Å²) in [6.45, 7) is 2.27. The standard InChI is InChI=1S/C18H22N2O4/c1-13-16(17(20-24-13)14-9-5-3-6-10-14)18(22)19-12-8-4-7-11-15(21)23-2/h3,5-6,9-10H,4,7-8,11-12H2,1-2H3,(H,19,22). The Balaban J connectivity index is 1.87. The number of aryl methyl sites for hydroxylation is 1. The summed E-state index contributed by atoms with van der Waals surface area (Å²) in [6, 6.07) is 9.47. The molecule has 1 amide bonds. The Labute approximate surface area is 141 Å². The summed E-state index contributed by atoms with van der Waals surface area (Å²) in [4.78, 5) is 23.4. The predicted molar refractivity (Wildman–Crippen MR) is 89.5 cm³/mol. The summed E-state index contributed by atoms with van der Waals surface area (Å²) >= 11 is 0. The molecule has 128 valence electrons. The number of methoxy groups -OCH3 is 1. The predicted octanol–water partition coefficient (Wildman–Crippen LogP) is 3.11. The highest BCUT2D eigenvalue weighted by Crippen LogP contribution is 2.24. The normalized spacial score (nSPS) is 10.4. The zero-order valence-corrected chi connectivity index (χ0v) is 14.0. The van der Waals surface area contributed by atoms with Crippen LogP contribution in [0.2, 0.25) is 0 Å². The van der Waals surface area contributed by atoms with Gasteiger partial charge in [-0.25, -0.2) is 0 Å². The zero-order valence-electron chi connectivity index (χ0n) is 14.0. The van der Waals surface area contributed by atoms with Crippen LogP contribution in [0, 0.1) is 6.92 Å². The molecule has 0 saturated carbocycles. The lowest BCUT2D eigenvalue weighted by molar-refractivity contribution is -0.140. The molecule has 0 fully saturated rings. The third-order valence-electron chi connectivity index (χ3n) is 3.71. The van der Waals surface area contributed by atoms with Gasteiger partial charge in [0.25, 0.3) is 5.91 Å². The van der Waals surface area contributed by atoms with Crippen LogP contribution in [-0.2, 0) is 9.53 Å². The summed E-state index contributed by atoms with van der Waals surface area (Å²) in [5.74, 6) is 0.101. The monoisotopic (exact) mass is 330 g/mol. The lowest BCUT2D eigenvalue weighted by Crippen LogP contribution is -2.25. The van der Waals surface area contributed by atoms with Gasteiger partial charge >= 0.3 is 5.97 Å². The Bertz CT molecular complexity index is 680. The van der Waals surface area contributed by atoms with Crippen molar-refractivity contribution in [3.63, 3.8) is 0 Å². The van der Waals surface area contributed by atoms with Crippen molar-refractivity contribution >= 4 is 11.9 Å². The summed E-state index contributed by atoms with van der Waals surface area (Å²) < 4.78 is 9.78. The Morgan fingerprint density at radius 1 is 1.17 bits per heavy atom. The topological polar surface area (TPSA) is 81.4 Å². The van der Waals surface area contributed by atoms with E-state index in [1.807, 2.05) is 30.3 Å². The molecule has 1 N–H and O–H groups in total. The number of unbranched alkanes of at least 4 members (excludes halogenated alkanes) is 2. The highest BCUT2D eigenvalue weighted by Gasteiger charge is 2.20. The van der Waals surface area contributed by atoms with E-state index in [9.17, 15) is 9.59 Å². The van der Waals surface area contributed by atoms with Crippen LogP contribution < -0.4 is 5.32 Å². The van der Waals surface area contributed by atoms with Gasteiger partial charge in [-0.3, -0.25) is 9.59 Å². The van der Waals surface area contributed by atoms with E-state index in [1.165, 1.54) is 7.11 Å². The molecule has 24 heavy (non-hydrogen) atoms. The molecule has 1 aromatic carbocycles. The molecular formula is C18H22N2O4. The molecule has 2 rings (SSSR count). The molecule has 0 bridgehead atoms. The van der Waals surface area contributed by atoms with Crippen LogP contribution in [0.15, 0.2) is 34.9 Å². The maximum atomic E-state index is 12.4. The van der Waals surface area contributed by atoms with Crippen molar-refractivity contribution in [1.29, 1.82) is 0 Å². The van der Waals surface area contributed by atoms with Crippen molar-refractivity contribution in [3.05, 3.63) is 41.7 Å². The number of carbonyl (C=O) groups excluding carboxylic acids is 2. The number of aromatic nitrogens is 1. The first-order chi connectivity index (χ1) is 11.6. The van der Waals surface area contributed by atoms with E-state index < -0.39 is 0 Å². The van der Waals surface area contributed by atoms with Gasteiger partial charge in [0, 0.05) is 18.5 Å². The zero-order chi connectivity index (χ0) is 17.4. The van der Waals surface area contributed by atoms with Crippen LogP contribution >= 0.6 is 0 Å². The second-order valence-corrected chi connectivity index (χ2v) is 5.47. The summed E-state index contributed by atoms with van der Waals surface area (Å²) in [5, 5.41) is 6.89. The van der Waals surface area contributed by atoms with Gasteiger partial charge in [-0.1, -0.05) is 41.9 Å². The van der Waals surface area contributed by atoms with Gasteiger partial charge in [-0.2, -0.15) is 0 Å². The van der Waals surface area contributed by atoms with Crippen LogP contribution in [0.1, 0.15) is 41.8 Å². The molecule has 6 nitrogen and oxygen atoms in total. The van der Waals surface area contributed by atoms with E-state index in [4.69, 9.17) is 4.52 Å². The first-order valence-corrected chi connectivity index (χ1v) is 8.00. The van der Waals surface area contributed by atoms with Gasteiger partial charge in [-0.15, -0.1) is 0 Å². The molecule has 6 heteroatoms. The van der Waals surface area contributed by atoms with E-state index in [1.54, 1.807) is 6.92 Å². The maximum absolute atomic E-state index is 12.4. The Kier molecular flexibility index (Phi) is 6.54. The van der Waals surface area contributed by atoms with Crippen molar-refractivity contribution < 1.29 is 18.8 Å². The maximum Gasteiger partial charge on any atom is 0.305 e. The quantitative estimate of drug-likeness (QED) is 0.594. The lowest BCUT2D eigenvalue weighted by atomic mass is 10.1. The molecule has 0 aliphatic carbocycles. The first kappa shape index (κ1) is 17.7. The van der Waals surface area contributed by atoms with Crippen molar-refractivity contribution in [2.75, 3.05) is 13.7 Å². The average Bonchev–Trinajstić information content (AvgIpc) is 3.00. The number of nitrogens with zero attached hydrogens (tertiary/aromatic N) is 1. The van der Waals surface area contributed by atoms with Crippen LogP contribution in [-0.4, -0.2) is 30.7 Å². The van der Waals surface area contributed by atoms with E-state index in [0.29, 0.717) is 30.0 Å². The van der Waals surface area contributed by atoms with Gasteiger partial charge in [0.1, 0.15) is 17.0 Å². The van der Waals surface area contributed by atoms with Gasteiger partial charge in [0.2, 0.25) is 0 Å². The molecule has 2 aromatic rings. The molecule has 0 aliphatic heterocycles. The van der Waals surface area contributed by atoms with Crippen molar-refractivity contribution in [3.8, 4) is 11.3 Å². The number of esters is 1. The molecule has 0 spiro atoms. The van der Waals surface area contributed by atoms with E-state index >= 15 is 0 Å². The van der Waals surface area contributed by atoms with Crippen LogP contribution in [0.5, 0.6) is 0 Å². The van der Waals surface area contributed by atoms with E-state index in [-0.39, 0.29) is 11.9 Å². The third-order valence-corrected chi connectivity index (χ3v) is 3.71. The Morgan fingerprint density at radius 2 is 1.92 bits per heavy atom. The number of rotatable bonds is 8. The molecule has 0 radical (unpaired) electrons. The number of nitrogens with one attached hydrogen (secondary N) is 1. The highest BCUT2D eigenvalue weighted by atomic mass is 16.5. The van der Waals surface area contributed by atoms with E-state index in [2.05, 4.69) is 15.2 Å². The van der Waals surface area contributed by atoms with Gasteiger partial charge in [0.05, 0.1) is 7.11 Å². The number of hydrogen-bond donors (Lipinski definition) is 1. The number of benzene rings is 1. The fraction of sp³-hybridized carbons (Fsp3) is 0.389. The van der Waals surface area contributed by atoms with Crippen molar-refractivity contribution in [1.82, 2.24) is 10.5 Å². The summed E-state index contributed by atoms with van der Waals surface area (Å²) in [6.07, 6.45) is 2.81. The van der Waals surface area contributed by atoms with Crippen LogP contribution in [0.3, 0.4) is 0 Å². The van der Waals surface area contributed by atoms with E-state index in [0.717, 1.165) is 24.8 Å². The molecular weight excluding hydrogens is 308 g/mol. The van der Waals surface area contributed by atoms with Crippen LogP contribution in [0.25, 0.3) is 11.3 Å². The molecule has 1 aromatic heterocycles. The van der Waals surface area contributed by atoms with Crippen LogP contribution in [0.4, 0.5) is 0 Å². The molecule has 0 atom stereocenters. The van der Waals surface area contributed by atoms with Gasteiger partial charge < -0.3 is 14.6 Å². The summed E-state index contributed by atoms with van der Waals surface area (Å²) in [7, 11) is 1.38. The lowest BCUT2D eigenvalue weighted by Gasteiger charge is -2.06. The molecule has 0 aliphatic rings. The fourth-order valence-electron chi connectivity index (χ4n) is 2.40. The molecule has 0 unspecified atom stereocenters. The largest absolute Gasteiger partial charge is 0.469 e. The van der Waals surface area contributed by atoms with Gasteiger partial charge in [-0.05, 0) is 19.8 Å². The molecule has 0 saturated heterocycles. The number of ether oxygens (including phenoxy) is 1. The number of hydrogen-bond acceptors (Lipinski definition) is 5. The van der Waals surface area contributed by atoms with Crippen molar-refractivity contribution in [2.45, 2.75) is 32.6 Å². The van der Waals surface area contributed by atoms with Gasteiger partial charge in [0.15, 0.2) is 0 Å². The Morgan fingerprint density at radius 3 is 2.62 bits per heavy atom. The minimum Gasteiger partial charge on any atom is -0.469 e.